The molecule has 0 atom stereocenters. The van der Waals surface area contributed by atoms with Crippen LogP contribution in [0.15, 0.2) is 60.8 Å². The average Bonchev–Trinajstić information content (AvgIpc) is 3.45. The van der Waals surface area contributed by atoms with E-state index in [9.17, 15) is 14.0 Å². The minimum atomic E-state index is -0.413. The highest BCUT2D eigenvalue weighted by Crippen LogP contribution is 2.26. The monoisotopic (exact) mass is 406 g/mol. The lowest BCUT2D eigenvalue weighted by atomic mass is 10.1. The second-order valence-corrected chi connectivity index (χ2v) is 7.45. The molecule has 1 fully saturated rings. The van der Waals surface area contributed by atoms with E-state index in [0.29, 0.717) is 6.54 Å². The third kappa shape index (κ3) is 4.56. The summed E-state index contributed by atoms with van der Waals surface area (Å²) in [5, 5.41) is 9.94. The molecule has 2 amide bonds. The quantitative estimate of drug-likeness (QED) is 0.648. The highest BCUT2D eigenvalue weighted by molar-refractivity contribution is 5.93. The summed E-state index contributed by atoms with van der Waals surface area (Å²) < 4.78 is 15.2. The van der Waals surface area contributed by atoms with Crippen LogP contribution in [0.1, 0.15) is 41.7 Å². The Morgan fingerprint density at radius 1 is 1.07 bits per heavy atom. The van der Waals surface area contributed by atoms with Crippen molar-refractivity contribution in [1.82, 2.24) is 15.1 Å². The van der Waals surface area contributed by atoms with Crippen LogP contribution in [0.3, 0.4) is 0 Å². The van der Waals surface area contributed by atoms with Gasteiger partial charge in [-0.3, -0.25) is 9.59 Å². The maximum atomic E-state index is 13.9. The maximum Gasteiger partial charge on any atom is 0.272 e. The van der Waals surface area contributed by atoms with Crippen LogP contribution in [0.2, 0.25) is 0 Å². The van der Waals surface area contributed by atoms with E-state index in [1.54, 1.807) is 30.5 Å². The smallest absolute Gasteiger partial charge is 0.272 e. The minimum absolute atomic E-state index is 0.0624. The second-order valence-electron chi connectivity index (χ2n) is 7.45. The first-order valence-corrected chi connectivity index (χ1v) is 10.1. The van der Waals surface area contributed by atoms with Gasteiger partial charge < -0.3 is 10.6 Å². The Kier molecular flexibility index (Phi) is 5.88. The van der Waals surface area contributed by atoms with E-state index in [2.05, 4.69) is 15.7 Å². The van der Waals surface area contributed by atoms with Crippen molar-refractivity contribution in [3.05, 3.63) is 77.9 Å². The van der Waals surface area contributed by atoms with Gasteiger partial charge in [0.2, 0.25) is 5.91 Å². The lowest BCUT2D eigenvalue weighted by molar-refractivity contribution is -0.119. The van der Waals surface area contributed by atoms with E-state index in [0.717, 1.165) is 36.9 Å². The average molecular weight is 406 g/mol. The molecule has 1 saturated carbocycles. The van der Waals surface area contributed by atoms with Crippen molar-refractivity contribution in [2.45, 2.75) is 32.2 Å². The number of para-hydroxylation sites is 1. The van der Waals surface area contributed by atoms with Gasteiger partial charge in [-0.25, -0.2) is 9.07 Å². The summed E-state index contributed by atoms with van der Waals surface area (Å²) in [6, 6.07) is 15.2. The molecule has 0 radical (unpaired) electrons. The summed E-state index contributed by atoms with van der Waals surface area (Å²) >= 11 is 0. The van der Waals surface area contributed by atoms with E-state index in [1.807, 2.05) is 24.3 Å². The van der Waals surface area contributed by atoms with Crippen molar-refractivity contribution < 1.29 is 14.0 Å². The third-order valence-corrected chi connectivity index (χ3v) is 5.29. The number of amides is 2. The van der Waals surface area contributed by atoms with Crippen molar-refractivity contribution >= 4 is 17.5 Å². The molecule has 2 N–H and O–H groups in total. The van der Waals surface area contributed by atoms with E-state index in [-0.39, 0.29) is 29.1 Å². The number of carbonyl (C=O) groups is 2. The molecule has 6 nitrogen and oxygen atoms in total. The Bertz CT molecular complexity index is 1060. The Balaban J connectivity index is 1.36. The Morgan fingerprint density at radius 3 is 2.67 bits per heavy atom. The van der Waals surface area contributed by atoms with Crippen molar-refractivity contribution in [3.8, 4) is 5.69 Å². The summed E-state index contributed by atoms with van der Waals surface area (Å²) in [5.74, 6) is -0.611. The van der Waals surface area contributed by atoms with Crippen LogP contribution < -0.4 is 10.6 Å². The number of carbonyl (C=O) groups excluding carboxylic acids is 2. The first kappa shape index (κ1) is 19.8. The summed E-state index contributed by atoms with van der Waals surface area (Å²) in [7, 11) is 0. The van der Waals surface area contributed by atoms with Gasteiger partial charge in [-0.1, -0.05) is 37.1 Å². The van der Waals surface area contributed by atoms with E-state index < -0.39 is 5.82 Å². The van der Waals surface area contributed by atoms with Crippen LogP contribution >= 0.6 is 0 Å². The zero-order valence-corrected chi connectivity index (χ0v) is 16.5. The standard InChI is InChI=1S/C23H23FN4O2/c24-19-10-3-4-11-21(19)28-13-12-20(27-28)23(30)25-15-16-6-5-9-18(14-16)26-22(29)17-7-1-2-8-17/h3-6,9-14,17H,1-2,7-8,15H2,(H,25,30)(H,26,29). The summed E-state index contributed by atoms with van der Waals surface area (Å²) in [6.07, 6.45) is 5.66. The molecular weight excluding hydrogens is 383 g/mol. The first-order valence-electron chi connectivity index (χ1n) is 10.1. The lowest BCUT2D eigenvalue weighted by Crippen LogP contribution is -2.24. The molecule has 1 aliphatic rings. The van der Waals surface area contributed by atoms with Gasteiger partial charge in [-0.2, -0.15) is 5.10 Å². The molecule has 4 rings (SSSR count). The molecular formula is C23H23FN4O2. The number of benzene rings is 2. The van der Waals surface area contributed by atoms with Gasteiger partial charge in [0.15, 0.2) is 5.69 Å². The lowest BCUT2D eigenvalue weighted by Gasteiger charge is -2.11. The highest BCUT2D eigenvalue weighted by atomic mass is 19.1. The molecule has 154 valence electrons. The Labute approximate surface area is 174 Å². The van der Waals surface area contributed by atoms with Gasteiger partial charge in [0.25, 0.3) is 5.91 Å². The number of rotatable bonds is 6. The Morgan fingerprint density at radius 2 is 1.87 bits per heavy atom. The van der Waals surface area contributed by atoms with Crippen molar-refractivity contribution in [2.24, 2.45) is 5.92 Å². The number of hydrogen-bond donors (Lipinski definition) is 2. The fraction of sp³-hybridized carbons (Fsp3) is 0.261. The van der Waals surface area contributed by atoms with Crippen LogP contribution in [0.25, 0.3) is 5.69 Å². The fourth-order valence-electron chi connectivity index (χ4n) is 3.68. The number of hydrogen-bond acceptors (Lipinski definition) is 3. The van der Waals surface area contributed by atoms with Crippen molar-refractivity contribution in [1.29, 1.82) is 0 Å². The largest absolute Gasteiger partial charge is 0.347 e. The van der Waals surface area contributed by atoms with Gasteiger partial charge in [0.1, 0.15) is 11.5 Å². The highest BCUT2D eigenvalue weighted by Gasteiger charge is 2.22. The third-order valence-electron chi connectivity index (χ3n) is 5.29. The molecule has 1 aliphatic carbocycles. The van der Waals surface area contributed by atoms with Crippen LogP contribution in [-0.4, -0.2) is 21.6 Å². The van der Waals surface area contributed by atoms with Crippen molar-refractivity contribution in [3.63, 3.8) is 0 Å². The topological polar surface area (TPSA) is 76.0 Å². The first-order chi connectivity index (χ1) is 14.6. The second kappa shape index (κ2) is 8.90. The molecule has 1 aromatic heterocycles. The van der Waals surface area contributed by atoms with Gasteiger partial charge in [-0.15, -0.1) is 0 Å². The molecule has 0 spiro atoms. The number of nitrogens with zero attached hydrogens (tertiary/aromatic N) is 2. The van der Waals surface area contributed by atoms with E-state index in [1.165, 1.54) is 10.7 Å². The zero-order chi connectivity index (χ0) is 20.9. The van der Waals surface area contributed by atoms with Crippen LogP contribution in [0.4, 0.5) is 10.1 Å². The Hall–Kier alpha value is -3.48. The molecule has 3 aromatic rings. The molecule has 2 aromatic carbocycles. The number of halogens is 1. The molecule has 0 unspecified atom stereocenters. The molecule has 0 bridgehead atoms. The van der Waals surface area contributed by atoms with Crippen LogP contribution in [-0.2, 0) is 11.3 Å². The molecule has 0 aliphatic heterocycles. The van der Waals surface area contributed by atoms with Crippen LogP contribution in [0.5, 0.6) is 0 Å². The summed E-state index contributed by atoms with van der Waals surface area (Å²) in [4.78, 5) is 24.7. The normalized spacial score (nSPS) is 13.9. The van der Waals surface area contributed by atoms with Gasteiger partial charge in [0, 0.05) is 24.3 Å². The molecule has 30 heavy (non-hydrogen) atoms. The fourth-order valence-corrected chi connectivity index (χ4v) is 3.68. The predicted octanol–water partition coefficient (Wildman–Crippen LogP) is 4.07. The predicted molar refractivity (Wildman–Crippen MR) is 112 cm³/mol. The number of aromatic nitrogens is 2. The zero-order valence-electron chi connectivity index (χ0n) is 16.5. The molecule has 0 saturated heterocycles. The number of anilines is 1. The van der Waals surface area contributed by atoms with E-state index >= 15 is 0 Å². The number of nitrogens with one attached hydrogen (secondary N) is 2. The molecule has 1 heterocycles. The molecule has 7 heteroatoms. The summed E-state index contributed by atoms with van der Waals surface area (Å²) in [6.45, 7) is 0.290. The maximum absolute atomic E-state index is 13.9. The summed E-state index contributed by atoms with van der Waals surface area (Å²) in [5.41, 5.74) is 2.06. The van der Waals surface area contributed by atoms with Gasteiger partial charge >= 0.3 is 0 Å². The van der Waals surface area contributed by atoms with Gasteiger partial charge in [-0.05, 0) is 48.7 Å². The van der Waals surface area contributed by atoms with Crippen molar-refractivity contribution in [2.75, 3.05) is 5.32 Å². The van der Waals surface area contributed by atoms with Gasteiger partial charge in [0.05, 0.1) is 0 Å². The minimum Gasteiger partial charge on any atom is -0.347 e. The van der Waals surface area contributed by atoms with E-state index in [4.69, 9.17) is 0 Å². The SMILES string of the molecule is O=C(NCc1cccc(NC(=O)C2CCCC2)c1)c1ccn(-c2ccccc2F)n1. The van der Waals surface area contributed by atoms with Crippen LogP contribution in [0, 0.1) is 11.7 Å².